The van der Waals surface area contributed by atoms with Gasteiger partial charge in [0, 0.05) is 19.9 Å². The van der Waals surface area contributed by atoms with E-state index in [9.17, 15) is 19.5 Å². The first kappa shape index (κ1) is 23.3. The van der Waals surface area contributed by atoms with Gasteiger partial charge in [-0.05, 0) is 42.2 Å². The summed E-state index contributed by atoms with van der Waals surface area (Å²) in [5, 5.41) is 15.9. The number of carbonyl (C=O) groups is 3. The number of carbonyl (C=O) groups excluding carboxylic acids is 3. The standard InChI is InChI=1S/C24H35N3O4/c1-14(16-6-8-17(9-7-16)18-10-11-18)25-22(30)20-12-19(29)13-27(20)23(31)21(24(3,4)5)26-15(2)28/h6-9,14,18-21,29H,10-13H2,1-5H3,(H,25,30)(H,26,28)/t14-,19+,20-,21?/m0/s1. The maximum atomic E-state index is 13.3. The van der Waals surface area contributed by atoms with Gasteiger partial charge in [0.05, 0.1) is 12.1 Å². The summed E-state index contributed by atoms with van der Waals surface area (Å²) >= 11 is 0. The number of hydrogen-bond donors (Lipinski definition) is 3. The molecule has 1 aliphatic carbocycles. The number of nitrogens with zero attached hydrogens (tertiary/aromatic N) is 1. The van der Waals surface area contributed by atoms with Gasteiger partial charge in [0.1, 0.15) is 12.1 Å². The maximum absolute atomic E-state index is 13.3. The molecule has 1 aromatic rings. The predicted octanol–water partition coefficient (Wildman–Crippen LogP) is 2.25. The molecule has 3 rings (SSSR count). The molecule has 0 spiro atoms. The van der Waals surface area contributed by atoms with E-state index in [1.165, 1.54) is 30.2 Å². The molecule has 7 nitrogen and oxygen atoms in total. The first-order valence-corrected chi connectivity index (χ1v) is 11.1. The van der Waals surface area contributed by atoms with Crippen LogP contribution in [0.3, 0.4) is 0 Å². The lowest BCUT2D eigenvalue weighted by Gasteiger charge is -2.35. The summed E-state index contributed by atoms with van der Waals surface area (Å²) in [6, 6.07) is 6.55. The molecule has 2 aliphatic rings. The fourth-order valence-electron chi connectivity index (χ4n) is 4.19. The number of hydrogen-bond acceptors (Lipinski definition) is 4. The van der Waals surface area contributed by atoms with Crippen molar-refractivity contribution < 1.29 is 19.5 Å². The van der Waals surface area contributed by atoms with Crippen LogP contribution in [0.25, 0.3) is 0 Å². The Morgan fingerprint density at radius 1 is 1.10 bits per heavy atom. The minimum Gasteiger partial charge on any atom is -0.391 e. The van der Waals surface area contributed by atoms with Crippen LogP contribution in [0.15, 0.2) is 24.3 Å². The van der Waals surface area contributed by atoms with Crippen LogP contribution in [0.5, 0.6) is 0 Å². The van der Waals surface area contributed by atoms with Crippen LogP contribution in [0, 0.1) is 5.41 Å². The van der Waals surface area contributed by atoms with E-state index in [-0.39, 0.29) is 36.7 Å². The summed E-state index contributed by atoms with van der Waals surface area (Å²) in [6.07, 6.45) is 1.90. The first-order chi connectivity index (χ1) is 14.5. The zero-order valence-corrected chi connectivity index (χ0v) is 19.1. The van der Waals surface area contributed by atoms with Crippen molar-refractivity contribution in [1.82, 2.24) is 15.5 Å². The molecule has 3 amide bonds. The zero-order chi connectivity index (χ0) is 22.9. The molecule has 7 heteroatoms. The summed E-state index contributed by atoms with van der Waals surface area (Å²) in [4.78, 5) is 39.4. The summed E-state index contributed by atoms with van der Waals surface area (Å²) in [5.74, 6) is -0.268. The zero-order valence-electron chi connectivity index (χ0n) is 19.1. The van der Waals surface area contributed by atoms with Gasteiger partial charge in [0.25, 0.3) is 0 Å². The number of amides is 3. The van der Waals surface area contributed by atoms with Gasteiger partial charge in [0.2, 0.25) is 17.7 Å². The van der Waals surface area contributed by atoms with Gasteiger partial charge in [-0.1, -0.05) is 45.0 Å². The van der Waals surface area contributed by atoms with Crippen molar-refractivity contribution in [3.63, 3.8) is 0 Å². The molecule has 1 aliphatic heterocycles. The largest absolute Gasteiger partial charge is 0.391 e. The minimum absolute atomic E-state index is 0.0769. The van der Waals surface area contributed by atoms with Gasteiger partial charge < -0.3 is 20.6 Å². The minimum atomic E-state index is -0.780. The number of aliphatic hydroxyl groups is 1. The normalized spacial score (nSPS) is 23.2. The van der Waals surface area contributed by atoms with Crippen LogP contribution >= 0.6 is 0 Å². The molecule has 1 heterocycles. The van der Waals surface area contributed by atoms with Crippen molar-refractivity contribution in [2.45, 2.75) is 84.0 Å². The van der Waals surface area contributed by atoms with E-state index < -0.39 is 23.6 Å². The second-order valence-electron chi connectivity index (χ2n) is 10.1. The number of aliphatic hydroxyl groups excluding tert-OH is 1. The number of β-amino-alcohol motifs (C(OH)–C–C–N with tert-alkyl or cyclic N) is 1. The summed E-state index contributed by atoms with van der Waals surface area (Å²) < 4.78 is 0. The topological polar surface area (TPSA) is 98.7 Å². The molecule has 1 unspecified atom stereocenters. The lowest BCUT2D eigenvalue weighted by Crippen LogP contribution is -2.57. The quantitative estimate of drug-likeness (QED) is 0.646. The lowest BCUT2D eigenvalue weighted by molar-refractivity contribution is -0.144. The Morgan fingerprint density at radius 2 is 1.71 bits per heavy atom. The number of likely N-dealkylation sites (tertiary alicyclic amines) is 1. The molecule has 0 radical (unpaired) electrons. The Balaban J connectivity index is 1.70. The Hall–Kier alpha value is -2.41. The number of nitrogens with one attached hydrogen (secondary N) is 2. The summed E-state index contributed by atoms with van der Waals surface area (Å²) in [6.45, 7) is 8.94. The second-order valence-corrected chi connectivity index (χ2v) is 10.1. The first-order valence-electron chi connectivity index (χ1n) is 11.1. The van der Waals surface area contributed by atoms with Crippen LogP contribution in [-0.4, -0.2) is 52.5 Å². The molecular formula is C24H35N3O4. The Morgan fingerprint density at radius 3 is 2.23 bits per heavy atom. The summed E-state index contributed by atoms with van der Waals surface area (Å²) in [5.41, 5.74) is 1.80. The Bertz CT molecular complexity index is 826. The average Bonchev–Trinajstić information content (AvgIpc) is 3.46. The number of rotatable bonds is 6. The molecule has 2 fully saturated rings. The van der Waals surface area contributed by atoms with Gasteiger partial charge in [-0.15, -0.1) is 0 Å². The summed E-state index contributed by atoms with van der Waals surface area (Å²) in [7, 11) is 0. The van der Waals surface area contributed by atoms with Gasteiger partial charge in [-0.3, -0.25) is 14.4 Å². The molecule has 3 N–H and O–H groups in total. The van der Waals surface area contributed by atoms with E-state index in [1.54, 1.807) is 0 Å². The van der Waals surface area contributed by atoms with E-state index >= 15 is 0 Å². The van der Waals surface area contributed by atoms with E-state index in [4.69, 9.17) is 0 Å². The molecule has 0 bridgehead atoms. The molecule has 1 saturated heterocycles. The van der Waals surface area contributed by atoms with Crippen LogP contribution in [0.4, 0.5) is 0 Å². The molecule has 31 heavy (non-hydrogen) atoms. The Labute approximate surface area is 184 Å². The monoisotopic (exact) mass is 429 g/mol. The Kier molecular flexibility index (Phi) is 6.74. The fourth-order valence-corrected chi connectivity index (χ4v) is 4.19. The van der Waals surface area contributed by atoms with Gasteiger partial charge >= 0.3 is 0 Å². The van der Waals surface area contributed by atoms with Crippen molar-refractivity contribution in [3.8, 4) is 0 Å². The smallest absolute Gasteiger partial charge is 0.246 e. The number of benzene rings is 1. The highest BCUT2D eigenvalue weighted by Crippen LogP contribution is 2.40. The molecule has 170 valence electrons. The van der Waals surface area contributed by atoms with Gasteiger partial charge in [-0.2, -0.15) is 0 Å². The maximum Gasteiger partial charge on any atom is 0.246 e. The van der Waals surface area contributed by atoms with Crippen molar-refractivity contribution in [2.24, 2.45) is 5.41 Å². The van der Waals surface area contributed by atoms with Crippen LogP contribution in [-0.2, 0) is 14.4 Å². The van der Waals surface area contributed by atoms with E-state index in [1.807, 2.05) is 39.8 Å². The molecule has 4 atom stereocenters. The van der Waals surface area contributed by atoms with E-state index in [0.717, 1.165) is 5.56 Å². The molecule has 1 aromatic carbocycles. The third-order valence-electron chi connectivity index (χ3n) is 6.17. The van der Waals surface area contributed by atoms with E-state index in [2.05, 4.69) is 22.8 Å². The highest BCUT2D eigenvalue weighted by Gasteiger charge is 2.44. The van der Waals surface area contributed by atoms with Crippen molar-refractivity contribution in [2.75, 3.05) is 6.54 Å². The van der Waals surface area contributed by atoms with Crippen LogP contribution in [0.1, 0.15) is 77.0 Å². The fraction of sp³-hybridized carbons (Fsp3) is 0.625. The van der Waals surface area contributed by atoms with Crippen LogP contribution < -0.4 is 10.6 Å². The SMILES string of the molecule is CC(=O)NC(C(=O)N1C[C@H](O)C[C@H]1C(=O)N[C@@H](C)c1ccc(C2CC2)cc1)C(C)(C)C. The van der Waals surface area contributed by atoms with Gasteiger partial charge in [-0.25, -0.2) is 0 Å². The average molecular weight is 430 g/mol. The molecular weight excluding hydrogens is 394 g/mol. The third kappa shape index (κ3) is 5.64. The van der Waals surface area contributed by atoms with Crippen LogP contribution in [0.2, 0.25) is 0 Å². The second kappa shape index (κ2) is 8.99. The lowest BCUT2D eigenvalue weighted by atomic mass is 9.85. The van der Waals surface area contributed by atoms with Crippen molar-refractivity contribution in [1.29, 1.82) is 0 Å². The highest BCUT2D eigenvalue weighted by atomic mass is 16.3. The van der Waals surface area contributed by atoms with Crippen molar-refractivity contribution >= 4 is 17.7 Å². The molecule has 0 aromatic heterocycles. The predicted molar refractivity (Wildman–Crippen MR) is 118 cm³/mol. The highest BCUT2D eigenvalue weighted by molar-refractivity contribution is 5.93. The third-order valence-corrected chi connectivity index (χ3v) is 6.17. The molecule has 1 saturated carbocycles. The van der Waals surface area contributed by atoms with E-state index in [0.29, 0.717) is 5.92 Å². The van der Waals surface area contributed by atoms with Gasteiger partial charge in [0.15, 0.2) is 0 Å². The van der Waals surface area contributed by atoms with Crippen molar-refractivity contribution in [3.05, 3.63) is 35.4 Å².